The first-order valence-corrected chi connectivity index (χ1v) is 11.4. The summed E-state index contributed by atoms with van der Waals surface area (Å²) in [5.74, 6) is 0.876. The topological polar surface area (TPSA) is 31.0 Å². The van der Waals surface area contributed by atoms with Crippen molar-refractivity contribution in [2.24, 2.45) is 0 Å². The van der Waals surface area contributed by atoms with Crippen molar-refractivity contribution in [1.29, 1.82) is 0 Å². The molecule has 7 aromatic rings. The molecule has 0 saturated heterocycles. The highest BCUT2D eigenvalue weighted by Gasteiger charge is 2.20. The molecule has 0 aliphatic carbocycles. The number of nitrogens with zero attached hydrogens (tertiary/aromatic N) is 2. The zero-order chi connectivity index (χ0) is 22.5. The van der Waals surface area contributed by atoms with Gasteiger partial charge in [-0.05, 0) is 46.8 Å². The number of fused-ring (bicyclic) bond motifs is 3. The molecule has 0 spiro atoms. The summed E-state index contributed by atoms with van der Waals surface area (Å²) in [7, 11) is 0. The van der Waals surface area contributed by atoms with Gasteiger partial charge in [0.05, 0.1) is 22.3 Å². The van der Waals surface area contributed by atoms with Gasteiger partial charge in [-0.3, -0.25) is 4.57 Å². The number of furan rings is 1. The number of aromatic nitrogens is 2. The summed E-state index contributed by atoms with van der Waals surface area (Å²) in [5.41, 5.74) is 7.31. The fourth-order valence-corrected chi connectivity index (χ4v) is 4.87. The lowest BCUT2D eigenvalue weighted by Gasteiger charge is -2.12. The van der Waals surface area contributed by atoms with E-state index < -0.39 is 0 Å². The van der Waals surface area contributed by atoms with Crippen LogP contribution in [0.25, 0.3) is 61.0 Å². The lowest BCUT2D eigenvalue weighted by Crippen LogP contribution is -1.98. The first kappa shape index (κ1) is 18.9. The van der Waals surface area contributed by atoms with Crippen molar-refractivity contribution in [3.8, 4) is 28.2 Å². The van der Waals surface area contributed by atoms with Crippen LogP contribution in [0.1, 0.15) is 0 Å². The third-order valence-electron chi connectivity index (χ3n) is 6.49. The summed E-state index contributed by atoms with van der Waals surface area (Å²) >= 11 is 0. The van der Waals surface area contributed by atoms with Crippen molar-refractivity contribution in [3.05, 3.63) is 122 Å². The highest BCUT2D eigenvalue weighted by molar-refractivity contribution is 5.99. The van der Waals surface area contributed by atoms with Crippen LogP contribution in [0.15, 0.2) is 126 Å². The Kier molecular flexibility index (Phi) is 4.15. The molecule has 0 amide bonds. The van der Waals surface area contributed by atoms with Crippen LogP contribution < -0.4 is 0 Å². The van der Waals surface area contributed by atoms with Gasteiger partial charge in [0.15, 0.2) is 0 Å². The average molecular weight is 437 g/mol. The molecule has 3 heteroatoms. The normalized spacial score (nSPS) is 11.5. The van der Waals surface area contributed by atoms with Crippen molar-refractivity contribution in [3.63, 3.8) is 0 Å². The van der Waals surface area contributed by atoms with Crippen molar-refractivity contribution >= 4 is 32.8 Å². The molecule has 160 valence electrons. The molecule has 34 heavy (non-hydrogen) atoms. The van der Waals surface area contributed by atoms with Crippen molar-refractivity contribution in [2.45, 2.75) is 0 Å². The molecule has 5 aromatic carbocycles. The smallest absolute Gasteiger partial charge is 0.149 e. The van der Waals surface area contributed by atoms with E-state index in [4.69, 9.17) is 9.40 Å². The van der Waals surface area contributed by atoms with Crippen LogP contribution in [0.3, 0.4) is 0 Å². The number of para-hydroxylation sites is 2. The van der Waals surface area contributed by atoms with Crippen LogP contribution in [0.5, 0.6) is 0 Å². The molecule has 0 unspecified atom stereocenters. The van der Waals surface area contributed by atoms with Crippen molar-refractivity contribution < 1.29 is 4.42 Å². The van der Waals surface area contributed by atoms with Crippen LogP contribution in [0, 0.1) is 0 Å². The molecule has 0 radical (unpaired) electrons. The third kappa shape index (κ3) is 2.87. The monoisotopic (exact) mass is 436 g/mol. The summed E-state index contributed by atoms with van der Waals surface area (Å²) < 4.78 is 8.28. The van der Waals surface area contributed by atoms with Crippen LogP contribution in [0.4, 0.5) is 0 Å². The number of rotatable bonds is 3. The van der Waals surface area contributed by atoms with E-state index in [0.29, 0.717) is 0 Å². The fourth-order valence-electron chi connectivity index (χ4n) is 4.87. The zero-order valence-corrected chi connectivity index (χ0v) is 18.3. The first-order valence-electron chi connectivity index (χ1n) is 11.4. The summed E-state index contributed by atoms with van der Waals surface area (Å²) in [6, 6.07) is 40.0. The summed E-state index contributed by atoms with van der Waals surface area (Å²) in [6.07, 6.45) is 1.84. The standard InChI is InChI=1S/C31H20N2O/c1-2-9-21(10-3-1)23-17-18-30-25(19-23)26(20-34-30)31-32-27-14-6-7-15-29(27)33(31)28-16-8-12-22-11-4-5-13-24(22)28/h1-20H. The Hall–Kier alpha value is -4.63. The van der Waals surface area contributed by atoms with Gasteiger partial charge in [-0.25, -0.2) is 4.98 Å². The molecule has 0 fully saturated rings. The van der Waals surface area contributed by atoms with Crippen LogP contribution in [-0.4, -0.2) is 9.55 Å². The maximum atomic E-state index is 6.02. The molecule has 0 N–H and O–H groups in total. The molecular formula is C31H20N2O. The third-order valence-corrected chi connectivity index (χ3v) is 6.49. The Balaban J connectivity index is 1.54. The van der Waals surface area contributed by atoms with Gasteiger partial charge in [0.1, 0.15) is 17.7 Å². The summed E-state index contributed by atoms with van der Waals surface area (Å²) in [5, 5.41) is 3.44. The van der Waals surface area contributed by atoms with Crippen LogP contribution in [0.2, 0.25) is 0 Å². The molecule has 0 bridgehead atoms. The predicted molar refractivity (Wildman–Crippen MR) is 139 cm³/mol. The fraction of sp³-hybridized carbons (Fsp3) is 0. The lowest BCUT2D eigenvalue weighted by atomic mass is 10.0. The quantitative estimate of drug-likeness (QED) is 0.279. The van der Waals surface area contributed by atoms with E-state index >= 15 is 0 Å². The molecule has 0 aliphatic rings. The van der Waals surface area contributed by atoms with Crippen molar-refractivity contribution in [2.75, 3.05) is 0 Å². The van der Waals surface area contributed by atoms with E-state index in [2.05, 4.69) is 102 Å². The number of hydrogen-bond acceptors (Lipinski definition) is 2. The average Bonchev–Trinajstić information content (AvgIpc) is 3.50. The van der Waals surface area contributed by atoms with E-state index in [-0.39, 0.29) is 0 Å². The van der Waals surface area contributed by atoms with Crippen LogP contribution >= 0.6 is 0 Å². The molecule has 0 aliphatic heterocycles. The van der Waals surface area contributed by atoms with Gasteiger partial charge in [-0.2, -0.15) is 0 Å². The van der Waals surface area contributed by atoms with E-state index in [9.17, 15) is 0 Å². The van der Waals surface area contributed by atoms with E-state index in [1.54, 1.807) is 0 Å². The molecule has 0 saturated carbocycles. The van der Waals surface area contributed by atoms with Gasteiger partial charge in [0.2, 0.25) is 0 Å². The highest BCUT2D eigenvalue weighted by Crippen LogP contribution is 2.37. The van der Waals surface area contributed by atoms with E-state index in [1.807, 2.05) is 24.5 Å². The van der Waals surface area contributed by atoms with Gasteiger partial charge in [-0.15, -0.1) is 0 Å². The zero-order valence-electron chi connectivity index (χ0n) is 18.3. The van der Waals surface area contributed by atoms with Gasteiger partial charge in [0.25, 0.3) is 0 Å². The molecule has 2 heterocycles. The van der Waals surface area contributed by atoms with Gasteiger partial charge in [0, 0.05) is 10.8 Å². The minimum atomic E-state index is 0.853. The Morgan fingerprint density at radius 3 is 2.35 bits per heavy atom. The predicted octanol–water partition coefficient (Wildman–Crippen LogP) is 8.26. The molecule has 0 atom stereocenters. The summed E-state index contributed by atoms with van der Waals surface area (Å²) in [4.78, 5) is 5.09. The lowest BCUT2D eigenvalue weighted by molar-refractivity contribution is 0.616. The highest BCUT2D eigenvalue weighted by atomic mass is 16.3. The molecule has 3 nitrogen and oxygen atoms in total. The minimum Gasteiger partial charge on any atom is -0.464 e. The molecule has 2 aromatic heterocycles. The number of benzene rings is 5. The van der Waals surface area contributed by atoms with E-state index in [1.165, 1.54) is 16.3 Å². The van der Waals surface area contributed by atoms with Gasteiger partial charge >= 0.3 is 0 Å². The first-order chi connectivity index (χ1) is 16.9. The Labute approximate surface area is 196 Å². The molecule has 7 rings (SSSR count). The Morgan fingerprint density at radius 2 is 1.41 bits per heavy atom. The van der Waals surface area contributed by atoms with E-state index in [0.717, 1.165) is 44.6 Å². The second-order valence-corrected chi connectivity index (χ2v) is 8.48. The van der Waals surface area contributed by atoms with Gasteiger partial charge in [-0.1, -0.05) is 84.9 Å². The number of imidazole rings is 1. The Bertz CT molecular complexity index is 1800. The SMILES string of the molecule is c1ccc(-c2ccc3occ(-c4nc5ccccc5n4-c4cccc5ccccc45)c3c2)cc1. The van der Waals surface area contributed by atoms with Crippen molar-refractivity contribution in [1.82, 2.24) is 9.55 Å². The van der Waals surface area contributed by atoms with Crippen LogP contribution in [-0.2, 0) is 0 Å². The second-order valence-electron chi connectivity index (χ2n) is 8.48. The summed E-state index contributed by atoms with van der Waals surface area (Å²) in [6.45, 7) is 0. The number of hydrogen-bond donors (Lipinski definition) is 0. The molecular weight excluding hydrogens is 416 g/mol. The van der Waals surface area contributed by atoms with Gasteiger partial charge < -0.3 is 4.42 Å². The Morgan fingerprint density at radius 1 is 0.618 bits per heavy atom. The largest absolute Gasteiger partial charge is 0.464 e. The maximum absolute atomic E-state index is 6.02. The minimum absolute atomic E-state index is 0.853. The second kappa shape index (κ2) is 7.46. The maximum Gasteiger partial charge on any atom is 0.149 e.